The van der Waals surface area contributed by atoms with E-state index < -0.39 is 0 Å². The number of carbonyl (C=O) groups is 1. The molecule has 3 heteroatoms. The van der Waals surface area contributed by atoms with Gasteiger partial charge in [0.2, 0.25) is 0 Å². The van der Waals surface area contributed by atoms with Gasteiger partial charge in [0, 0.05) is 5.56 Å². The Morgan fingerprint density at radius 1 is 1.00 bits per heavy atom. The largest absolute Gasteiger partial charge is 0.287 e. The molecule has 3 nitrogen and oxygen atoms in total. The van der Waals surface area contributed by atoms with E-state index in [1.807, 2.05) is 30.3 Å². The molecule has 0 aliphatic heterocycles. The lowest BCUT2D eigenvalue weighted by Crippen LogP contribution is -2.41. The fourth-order valence-electron chi connectivity index (χ4n) is 2.72. The first-order chi connectivity index (χ1) is 9.84. The third-order valence-corrected chi connectivity index (χ3v) is 3.77. The average molecular weight is 266 g/mol. The van der Waals surface area contributed by atoms with Crippen LogP contribution in [-0.2, 0) is 6.42 Å². The first kappa shape index (κ1) is 12.9. The Labute approximate surface area is 119 Å². The zero-order chi connectivity index (χ0) is 13.8. The fraction of sp³-hybridized carbons (Fsp3) is 0.235. The molecule has 0 saturated carbocycles. The van der Waals surface area contributed by atoms with Crippen molar-refractivity contribution in [1.82, 2.24) is 10.9 Å². The lowest BCUT2D eigenvalue weighted by Gasteiger charge is -2.26. The topological polar surface area (TPSA) is 41.1 Å². The zero-order valence-electron chi connectivity index (χ0n) is 11.3. The van der Waals surface area contributed by atoms with Crippen LogP contribution in [0, 0.1) is 0 Å². The van der Waals surface area contributed by atoms with Gasteiger partial charge in [-0.05, 0) is 42.5 Å². The minimum absolute atomic E-state index is 0.0892. The number of fused-ring (bicyclic) bond motifs is 1. The maximum Gasteiger partial charge on any atom is 0.265 e. The summed E-state index contributed by atoms with van der Waals surface area (Å²) in [7, 11) is 0. The van der Waals surface area contributed by atoms with Gasteiger partial charge in [-0.25, -0.2) is 5.43 Å². The third kappa shape index (κ3) is 2.73. The Kier molecular flexibility index (Phi) is 3.79. The lowest BCUT2D eigenvalue weighted by molar-refractivity contribution is 0.0923. The molecule has 0 radical (unpaired) electrons. The summed E-state index contributed by atoms with van der Waals surface area (Å²) in [4.78, 5) is 12.0. The first-order valence-electron chi connectivity index (χ1n) is 7.03. The molecule has 0 spiro atoms. The predicted molar refractivity (Wildman–Crippen MR) is 79.2 cm³/mol. The number of hydrazine groups is 1. The van der Waals surface area contributed by atoms with Crippen molar-refractivity contribution in [3.63, 3.8) is 0 Å². The Hall–Kier alpha value is -2.13. The van der Waals surface area contributed by atoms with E-state index in [-0.39, 0.29) is 11.9 Å². The summed E-state index contributed by atoms with van der Waals surface area (Å²) in [5.41, 5.74) is 9.35. The van der Waals surface area contributed by atoms with Crippen LogP contribution in [-0.4, -0.2) is 5.91 Å². The van der Waals surface area contributed by atoms with Crippen molar-refractivity contribution < 1.29 is 4.79 Å². The molecular weight excluding hydrogens is 248 g/mol. The minimum Gasteiger partial charge on any atom is -0.287 e. The van der Waals surface area contributed by atoms with E-state index in [0.29, 0.717) is 5.56 Å². The number of hydrogen-bond donors (Lipinski definition) is 2. The van der Waals surface area contributed by atoms with E-state index in [9.17, 15) is 4.79 Å². The molecule has 2 aromatic rings. The summed E-state index contributed by atoms with van der Waals surface area (Å²) >= 11 is 0. The number of aryl methyl sites for hydroxylation is 1. The second-order valence-corrected chi connectivity index (χ2v) is 5.11. The Morgan fingerprint density at radius 3 is 2.60 bits per heavy atom. The summed E-state index contributed by atoms with van der Waals surface area (Å²) in [5.74, 6) is -0.0892. The van der Waals surface area contributed by atoms with Gasteiger partial charge in [-0.15, -0.1) is 0 Å². The quantitative estimate of drug-likeness (QED) is 0.838. The standard InChI is InChI=1S/C17H18N2O/c20-17(14-8-2-1-3-9-14)19-18-16-12-6-10-13-7-4-5-11-15(13)16/h1-5,7-9,11,16,18H,6,10,12H2,(H,19,20)/t16-/m0/s1. The highest BCUT2D eigenvalue weighted by molar-refractivity contribution is 5.93. The molecule has 1 aliphatic rings. The Morgan fingerprint density at radius 2 is 1.75 bits per heavy atom. The molecule has 0 bridgehead atoms. The van der Waals surface area contributed by atoms with Crippen LogP contribution >= 0.6 is 0 Å². The first-order valence-corrected chi connectivity index (χ1v) is 7.03. The number of nitrogens with one attached hydrogen (secondary N) is 2. The molecule has 1 aliphatic carbocycles. The second kappa shape index (κ2) is 5.88. The van der Waals surface area contributed by atoms with E-state index in [2.05, 4.69) is 35.1 Å². The van der Waals surface area contributed by atoms with Gasteiger partial charge >= 0.3 is 0 Å². The summed E-state index contributed by atoms with van der Waals surface area (Å²) in [6, 6.07) is 17.9. The number of amides is 1. The summed E-state index contributed by atoms with van der Waals surface area (Å²) in [5, 5.41) is 0. The second-order valence-electron chi connectivity index (χ2n) is 5.11. The molecule has 2 aromatic carbocycles. The van der Waals surface area contributed by atoms with Crippen LogP contribution in [0.2, 0.25) is 0 Å². The number of benzene rings is 2. The van der Waals surface area contributed by atoms with Crippen molar-refractivity contribution in [1.29, 1.82) is 0 Å². The highest BCUT2D eigenvalue weighted by Gasteiger charge is 2.19. The summed E-state index contributed by atoms with van der Waals surface area (Å²) in [6.45, 7) is 0. The van der Waals surface area contributed by atoms with E-state index >= 15 is 0 Å². The van der Waals surface area contributed by atoms with Gasteiger partial charge in [-0.1, -0.05) is 42.5 Å². The van der Waals surface area contributed by atoms with Gasteiger partial charge < -0.3 is 0 Å². The van der Waals surface area contributed by atoms with Crippen molar-refractivity contribution in [3.05, 3.63) is 71.3 Å². The van der Waals surface area contributed by atoms with Gasteiger partial charge in [0.05, 0.1) is 6.04 Å². The molecule has 102 valence electrons. The molecule has 0 saturated heterocycles. The van der Waals surface area contributed by atoms with Crippen LogP contribution in [0.5, 0.6) is 0 Å². The molecule has 3 rings (SSSR count). The van der Waals surface area contributed by atoms with Crippen molar-refractivity contribution in [3.8, 4) is 0 Å². The van der Waals surface area contributed by atoms with E-state index in [0.717, 1.165) is 19.3 Å². The fourth-order valence-corrected chi connectivity index (χ4v) is 2.72. The molecule has 0 fully saturated rings. The smallest absolute Gasteiger partial charge is 0.265 e. The van der Waals surface area contributed by atoms with Crippen molar-refractivity contribution >= 4 is 5.91 Å². The minimum atomic E-state index is -0.0892. The number of rotatable bonds is 3. The van der Waals surface area contributed by atoms with E-state index in [1.165, 1.54) is 11.1 Å². The SMILES string of the molecule is O=C(NN[C@H]1CCCc2ccccc21)c1ccccc1. The molecule has 1 atom stereocenters. The van der Waals surface area contributed by atoms with Crippen LogP contribution in [0.15, 0.2) is 54.6 Å². The third-order valence-electron chi connectivity index (χ3n) is 3.77. The van der Waals surface area contributed by atoms with Crippen LogP contribution < -0.4 is 10.9 Å². The molecule has 0 heterocycles. The molecular formula is C17H18N2O. The average Bonchev–Trinajstić information content (AvgIpc) is 2.53. The zero-order valence-corrected chi connectivity index (χ0v) is 11.3. The van der Waals surface area contributed by atoms with Gasteiger partial charge in [-0.2, -0.15) is 0 Å². The van der Waals surface area contributed by atoms with Gasteiger partial charge in [0.1, 0.15) is 0 Å². The number of hydrogen-bond acceptors (Lipinski definition) is 2. The molecule has 2 N–H and O–H groups in total. The molecule has 20 heavy (non-hydrogen) atoms. The Bertz CT molecular complexity index is 595. The van der Waals surface area contributed by atoms with Gasteiger partial charge in [-0.3, -0.25) is 10.2 Å². The highest BCUT2D eigenvalue weighted by Crippen LogP contribution is 2.28. The molecule has 1 amide bonds. The van der Waals surface area contributed by atoms with Crippen LogP contribution in [0.1, 0.15) is 40.4 Å². The molecule has 0 unspecified atom stereocenters. The van der Waals surface area contributed by atoms with Crippen LogP contribution in [0.3, 0.4) is 0 Å². The summed E-state index contributed by atoms with van der Waals surface area (Å²) < 4.78 is 0. The van der Waals surface area contributed by atoms with E-state index in [4.69, 9.17) is 0 Å². The van der Waals surface area contributed by atoms with Crippen LogP contribution in [0.25, 0.3) is 0 Å². The van der Waals surface area contributed by atoms with E-state index in [1.54, 1.807) is 0 Å². The summed E-state index contributed by atoms with van der Waals surface area (Å²) in [6.07, 6.45) is 3.32. The number of carbonyl (C=O) groups excluding carboxylic acids is 1. The highest BCUT2D eigenvalue weighted by atomic mass is 16.2. The predicted octanol–water partition coefficient (Wildman–Crippen LogP) is 3.00. The van der Waals surface area contributed by atoms with Gasteiger partial charge in [0.15, 0.2) is 0 Å². The van der Waals surface area contributed by atoms with Crippen molar-refractivity contribution in [2.45, 2.75) is 25.3 Å². The van der Waals surface area contributed by atoms with Crippen LogP contribution in [0.4, 0.5) is 0 Å². The van der Waals surface area contributed by atoms with Crippen molar-refractivity contribution in [2.75, 3.05) is 0 Å². The normalized spacial score (nSPS) is 17.3. The molecule has 0 aromatic heterocycles. The maximum atomic E-state index is 12.0. The van der Waals surface area contributed by atoms with Gasteiger partial charge in [0.25, 0.3) is 5.91 Å². The Balaban J connectivity index is 1.67. The monoisotopic (exact) mass is 266 g/mol. The maximum absolute atomic E-state index is 12.0. The lowest BCUT2D eigenvalue weighted by atomic mass is 9.88. The van der Waals surface area contributed by atoms with Crippen molar-refractivity contribution in [2.24, 2.45) is 0 Å².